The smallest absolute Gasteiger partial charge is 0.311 e. The van der Waals surface area contributed by atoms with Crippen LogP contribution in [0.4, 0.5) is 47.3 Å². The van der Waals surface area contributed by atoms with Gasteiger partial charge >= 0.3 is 6.18 Å². The molecule has 0 saturated heterocycles. The van der Waals surface area contributed by atoms with Gasteiger partial charge in [-0.2, -0.15) is 13.2 Å². The van der Waals surface area contributed by atoms with Crippen molar-refractivity contribution in [3.8, 4) is 95.2 Å². The number of hydrogen-bond donors (Lipinski definition) is 0. The Kier molecular flexibility index (Phi) is 14.0. The third-order valence-electron chi connectivity index (χ3n) is 19.4. The van der Waals surface area contributed by atoms with Gasteiger partial charge in [-0.05, 0) is 163 Å². The zero-order valence-corrected chi connectivity index (χ0v) is 52.9. The van der Waals surface area contributed by atoms with Crippen LogP contribution >= 0.6 is 0 Å². The minimum atomic E-state index is -4.65. The van der Waals surface area contributed by atoms with Crippen molar-refractivity contribution in [2.45, 2.75) is 6.18 Å². The lowest BCUT2D eigenvalue weighted by molar-refractivity contribution is -0.137. The first-order valence-electron chi connectivity index (χ1n) is 33.0. The summed E-state index contributed by atoms with van der Waals surface area (Å²) >= 11 is 0. The SMILES string of the molecule is FC(F)(F)c1ccc(-n2c3ccccc3c3cc(-c4cc5c6c(c4)N(c4ccc(-c7ccccc7)cc4)c4ccc(-c7ccccc7)cc4B6c4cc(-c6ccccc6)ccc4N5c4ccc(-c5ccccc5)cc4)ccc32)c(-c2nc(-c3ccccc3)cc(-c3ccccc3)n2)c1. The molecule has 2 aliphatic rings. The first-order valence-corrected chi connectivity index (χ1v) is 33.0. The summed E-state index contributed by atoms with van der Waals surface area (Å²) in [5.41, 5.74) is 25.2. The van der Waals surface area contributed by atoms with Crippen LogP contribution in [-0.4, -0.2) is 21.2 Å². The Morgan fingerprint density at radius 2 is 0.653 bits per heavy atom. The van der Waals surface area contributed by atoms with Gasteiger partial charge in [0.2, 0.25) is 0 Å². The molecule has 2 aromatic heterocycles. The molecule has 18 rings (SSSR count). The number of fused-ring (bicyclic) bond motifs is 7. The van der Waals surface area contributed by atoms with Gasteiger partial charge in [0.05, 0.1) is 33.7 Å². The van der Waals surface area contributed by atoms with Gasteiger partial charge in [-0.3, -0.25) is 0 Å². The van der Waals surface area contributed by atoms with Crippen LogP contribution in [0.15, 0.2) is 346 Å². The van der Waals surface area contributed by atoms with Crippen molar-refractivity contribution in [1.29, 1.82) is 0 Å². The van der Waals surface area contributed by atoms with Crippen LogP contribution in [0, 0.1) is 0 Å². The van der Waals surface area contributed by atoms with Gasteiger partial charge in [-0.15, -0.1) is 0 Å². The summed E-state index contributed by atoms with van der Waals surface area (Å²) in [5.74, 6) is 0.171. The Hall–Kier alpha value is -12.6. The van der Waals surface area contributed by atoms with Gasteiger partial charge < -0.3 is 14.4 Å². The Balaban J connectivity index is 0.884. The van der Waals surface area contributed by atoms with Crippen molar-refractivity contribution in [2.24, 2.45) is 0 Å². The van der Waals surface area contributed by atoms with Crippen LogP contribution in [0.2, 0.25) is 0 Å². The van der Waals surface area contributed by atoms with E-state index >= 15 is 13.2 Å². The van der Waals surface area contributed by atoms with E-state index in [2.05, 4.69) is 257 Å². The maximum Gasteiger partial charge on any atom is 0.416 e. The molecule has 14 aromatic carbocycles. The van der Waals surface area contributed by atoms with E-state index in [-0.39, 0.29) is 18.1 Å². The fraction of sp³-hybridized carbons (Fsp3) is 0.0112. The molecule has 16 aromatic rings. The van der Waals surface area contributed by atoms with Crippen LogP contribution in [0.25, 0.3) is 117 Å². The third-order valence-corrected chi connectivity index (χ3v) is 19.4. The molecule has 9 heteroatoms. The number of rotatable bonds is 11. The van der Waals surface area contributed by atoms with Gasteiger partial charge in [0, 0.05) is 61.6 Å². The van der Waals surface area contributed by atoms with Gasteiger partial charge in [0.15, 0.2) is 5.82 Å². The van der Waals surface area contributed by atoms with Crippen LogP contribution < -0.4 is 26.2 Å². The number of anilines is 6. The Bertz CT molecular complexity index is 5460. The standard InChI is InChI=1S/C89H57BF3N5/c91-89(92,93)70-42-50-82(75(56-70)88-94-78(64-29-15-5-16-30-64)57-79(95-88)65-31-17-6-18-32-65)98-80-34-20-19-33-73(80)74-51-66(39-47-81(74)98)69-54-85-87-86(55-69)97(72-45-37-63(38-46-72)59-23-9-2-10-24-59)84-49-41-68(61-27-13-4-14-28-61)53-77(84)90(87)76-52-67(60-25-11-3-12-26-60)40-48-83(76)96(85)71-43-35-62(36-44-71)58-21-7-1-8-22-58/h1-57H. The summed E-state index contributed by atoms with van der Waals surface area (Å²) in [6.07, 6.45) is -4.65. The molecule has 0 atom stereocenters. The second-order valence-corrected chi connectivity index (χ2v) is 25.1. The maximum absolute atomic E-state index is 15.2. The van der Waals surface area contributed by atoms with Crippen molar-refractivity contribution in [3.63, 3.8) is 0 Å². The molecule has 0 radical (unpaired) electrons. The molecular formula is C89H57BF3N5. The number of alkyl halides is 3. The maximum atomic E-state index is 15.2. The minimum Gasteiger partial charge on any atom is -0.311 e. The lowest BCUT2D eigenvalue weighted by atomic mass is 9.33. The number of para-hydroxylation sites is 1. The summed E-state index contributed by atoms with van der Waals surface area (Å²) in [6.45, 7) is -0.217. The third kappa shape index (κ3) is 10.1. The van der Waals surface area contributed by atoms with Crippen molar-refractivity contribution < 1.29 is 13.2 Å². The quantitative estimate of drug-likeness (QED) is 0.121. The molecule has 0 aliphatic carbocycles. The van der Waals surface area contributed by atoms with Crippen molar-refractivity contribution in [1.82, 2.24) is 14.5 Å². The van der Waals surface area contributed by atoms with Crippen molar-refractivity contribution >= 4 is 79.0 Å². The summed E-state index contributed by atoms with van der Waals surface area (Å²) in [4.78, 5) is 15.2. The van der Waals surface area contributed by atoms with Gasteiger partial charge in [-0.25, -0.2) is 9.97 Å². The first kappa shape index (κ1) is 58.0. The fourth-order valence-corrected chi connectivity index (χ4v) is 14.8. The van der Waals surface area contributed by atoms with Gasteiger partial charge in [0.25, 0.3) is 6.71 Å². The highest BCUT2D eigenvalue weighted by Gasteiger charge is 2.44. The van der Waals surface area contributed by atoms with E-state index in [1.54, 1.807) is 6.07 Å². The molecule has 5 nitrogen and oxygen atoms in total. The topological polar surface area (TPSA) is 37.2 Å². The Morgan fingerprint density at radius 1 is 0.276 bits per heavy atom. The van der Waals surface area contributed by atoms with Gasteiger partial charge in [-0.1, -0.05) is 255 Å². The van der Waals surface area contributed by atoms with E-state index in [1.165, 1.54) is 28.5 Å². The molecule has 0 unspecified atom stereocenters. The van der Waals surface area contributed by atoms with Crippen molar-refractivity contribution in [3.05, 3.63) is 351 Å². The number of benzene rings is 14. The fourth-order valence-electron chi connectivity index (χ4n) is 14.8. The minimum absolute atomic E-state index is 0.171. The summed E-state index contributed by atoms with van der Waals surface area (Å²) in [7, 11) is 0. The van der Waals surface area contributed by atoms with Crippen molar-refractivity contribution in [2.75, 3.05) is 9.80 Å². The molecular weight excluding hydrogens is 1210 g/mol. The van der Waals surface area contributed by atoms with Crippen LogP contribution in [0.5, 0.6) is 0 Å². The molecule has 98 heavy (non-hydrogen) atoms. The van der Waals surface area contributed by atoms with E-state index in [1.807, 2.05) is 84.9 Å². The molecule has 0 N–H and O–H groups in total. The highest BCUT2D eigenvalue weighted by Crippen LogP contribution is 2.49. The predicted molar refractivity (Wildman–Crippen MR) is 399 cm³/mol. The summed E-state index contributed by atoms with van der Waals surface area (Å²) in [5, 5.41) is 1.86. The second-order valence-electron chi connectivity index (χ2n) is 25.1. The summed E-state index contributed by atoms with van der Waals surface area (Å²) in [6, 6.07) is 119. The number of nitrogens with zero attached hydrogens (tertiary/aromatic N) is 5. The highest BCUT2D eigenvalue weighted by molar-refractivity contribution is 7.00. The Morgan fingerprint density at radius 3 is 1.12 bits per heavy atom. The second kappa shape index (κ2) is 23.7. The summed E-state index contributed by atoms with van der Waals surface area (Å²) < 4.78 is 47.7. The monoisotopic (exact) mass is 1260 g/mol. The van der Waals surface area contributed by atoms with Crippen LogP contribution in [0.1, 0.15) is 5.56 Å². The van der Waals surface area contributed by atoms with E-state index < -0.39 is 11.7 Å². The molecule has 0 amide bonds. The van der Waals surface area contributed by atoms with E-state index in [0.717, 1.165) is 123 Å². The Labute approximate surface area is 566 Å². The highest BCUT2D eigenvalue weighted by atomic mass is 19.4. The largest absolute Gasteiger partial charge is 0.416 e. The number of hydrogen-bond acceptors (Lipinski definition) is 4. The zero-order chi connectivity index (χ0) is 65.4. The van der Waals surface area contributed by atoms with Crippen LogP contribution in [-0.2, 0) is 6.18 Å². The lowest BCUT2D eigenvalue weighted by Crippen LogP contribution is -2.61. The number of halogens is 3. The molecule has 4 heterocycles. The molecule has 0 spiro atoms. The molecule has 0 saturated carbocycles. The van der Waals surface area contributed by atoms with E-state index in [9.17, 15) is 0 Å². The lowest BCUT2D eigenvalue weighted by Gasteiger charge is -2.44. The molecule has 462 valence electrons. The molecule has 0 fully saturated rings. The average molecular weight is 1260 g/mol. The van der Waals surface area contributed by atoms with Gasteiger partial charge in [0.1, 0.15) is 0 Å². The normalized spacial score (nSPS) is 12.4. The molecule has 0 bridgehead atoms. The predicted octanol–water partition coefficient (Wildman–Crippen LogP) is 22.0. The zero-order valence-electron chi connectivity index (χ0n) is 52.9. The first-order chi connectivity index (χ1) is 48.2. The van der Waals surface area contributed by atoms with E-state index in [0.29, 0.717) is 17.1 Å². The van der Waals surface area contributed by atoms with E-state index in [4.69, 9.17) is 9.97 Å². The number of aromatic nitrogens is 3. The van der Waals surface area contributed by atoms with Crippen LogP contribution in [0.3, 0.4) is 0 Å². The average Bonchev–Trinajstić information content (AvgIpc) is 0.790. The molecule has 2 aliphatic heterocycles.